The average Bonchev–Trinajstić information content (AvgIpc) is 2.71. The van der Waals surface area contributed by atoms with Crippen LogP contribution in [0.1, 0.15) is 26.7 Å². The van der Waals surface area contributed by atoms with Crippen LogP contribution in [0, 0.1) is 0 Å². The maximum Gasteiger partial charge on any atom is 0.226 e. The summed E-state index contributed by atoms with van der Waals surface area (Å²) in [6, 6.07) is 5.75. The smallest absolute Gasteiger partial charge is 0.226 e. The Bertz CT molecular complexity index is 551. The van der Waals surface area contributed by atoms with Crippen molar-refractivity contribution in [3.05, 3.63) is 18.2 Å². The number of nitrogens with one attached hydrogen (secondary N) is 1. The predicted molar refractivity (Wildman–Crippen MR) is 74.3 cm³/mol. The van der Waals surface area contributed by atoms with Crippen molar-refractivity contribution in [2.45, 2.75) is 26.7 Å². The Morgan fingerprint density at radius 1 is 1.44 bits per heavy atom. The summed E-state index contributed by atoms with van der Waals surface area (Å²) >= 11 is 1.47. The molecule has 1 heterocycles. The van der Waals surface area contributed by atoms with E-state index in [9.17, 15) is 4.79 Å². The van der Waals surface area contributed by atoms with Gasteiger partial charge in [0.15, 0.2) is 5.13 Å². The van der Waals surface area contributed by atoms with Crippen molar-refractivity contribution in [2.75, 3.05) is 11.9 Å². The Labute approximate surface area is 110 Å². The molecule has 0 aliphatic carbocycles. The van der Waals surface area contributed by atoms with Gasteiger partial charge in [-0.25, -0.2) is 4.98 Å². The molecule has 0 radical (unpaired) electrons. The number of benzene rings is 1. The maximum atomic E-state index is 11.5. The van der Waals surface area contributed by atoms with Gasteiger partial charge in [-0.1, -0.05) is 18.3 Å². The second-order valence-corrected chi connectivity index (χ2v) is 4.91. The van der Waals surface area contributed by atoms with Gasteiger partial charge in [0.05, 0.1) is 16.8 Å². The second-order valence-electron chi connectivity index (χ2n) is 3.88. The molecular weight excluding hydrogens is 248 g/mol. The van der Waals surface area contributed by atoms with Crippen molar-refractivity contribution in [1.82, 2.24) is 4.98 Å². The molecule has 2 rings (SSSR count). The van der Waals surface area contributed by atoms with E-state index in [4.69, 9.17) is 4.74 Å². The zero-order chi connectivity index (χ0) is 13.0. The van der Waals surface area contributed by atoms with Crippen LogP contribution in [0.15, 0.2) is 18.2 Å². The third-order valence-electron chi connectivity index (χ3n) is 2.39. The molecule has 0 aliphatic heterocycles. The van der Waals surface area contributed by atoms with Crippen molar-refractivity contribution in [3.63, 3.8) is 0 Å². The summed E-state index contributed by atoms with van der Waals surface area (Å²) in [5, 5.41) is 3.46. The molecule has 0 saturated heterocycles. The van der Waals surface area contributed by atoms with Crippen LogP contribution in [0.2, 0.25) is 0 Å². The van der Waals surface area contributed by atoms with Gasteiger partial charge in [-0.15, -0.1) is 0 Å². The quantitative estimate of drug-likeness (QED) is 0.900. The van der Waals surface area contributed by atoms with Crippen LogP contribution in [-0.2, 0) is 4.79 Å². The summed E-state index contributed by atoms with van der Waals surface area (Å²) < 4.78 is 6.46. The third-order valence-corrected chi connectivity index (χ3v) is 3.33. The molecule has 1 amide bonds. The second kappa shape index (κ2) is 5.82. The summed E-state index contributed by atoms with van der Waals surface area (Å²) in [5.74, 6) is 0.849. The van der Waals surface area contributed by atoms with Gasteiger partial charge < -0.3 is 10.1 Å². The highest BCUT2D eigenvalue weighted by Crippen LogP contribution is 2.29. The lowest BCUT2D eigenvalue weighted by molar-refractivity contribution is -0.116. The van der Waals surface area contributed by atoms with Crippen LogP contribution >= 0.6 is 11.3 Å². The van der Waals surface area contributed by atoms with E-state index in [0.717, 1.165) is 22.4 Å². The Kier molecular flexibility index (Phi) is 4.15. The molecule has 0 bridgehead atoms. The fourth-order valence-electron chi connectivity index (χ4n) is 1.62. The Morgan fingerprint density at radius 3 is 3.00 bits per heavy atom. The minimum absolute atomic E-state index is 0.0154. The first-order chi connectivity index (χ1) is 8.72. The van der Waals surface area contributed by atoms with Gasteiger partial charge in [0.25, 0.3) is 0 Å². The van der Waals surface area contributed by atoms with Crippen LogP contribution in [-0.4, -0.2) is 17.5 Å². The van der Waals surface area contributed by atoms with E-state index in [1.165, 1.54) is 11.3 Å². The molecule has 5 heteroatoms. The number of rotatable bonds is 5. The average molecular weight is 264 g/mol. The van der Waals surface area contributed by atoms with Gasteiger partial charge >= 0.3 is 0 Å². The number of anilines is 1. The molecule has 0 saturated carbocycles. The fraction of sp³-hybridized carbons (Fsp3) is 0.385. The normalized spacial score (nSPS) is 10.6. The molecule has 1 aromatic heterocycles. The number of fused-ring (bicyclic) bond motifs is 1. The van der Waals surface area contributed by atoms with Gasteiger partial charge in [0, 0.05) is 6.42 Å². The zero-order valence-electron chi connectivity index (χ0n) is 10.5. The monoisotopic (exact) mass is 264 g/mol. The Balaban J connectivity index is 2.19. The number of amides is 1. The summed E-state index contributed by atoms with van der Waals surface area (Å²) in [7, 11) is 0. The number of hydrogen-bond acceptors (Lipinski definition) is 4. The topological polar surface area (TPSA) is 51.2 Å². The fourth-order valence-corrected chi connectivity index (χ4v) is 2.53. The van der Waals surface area contributed by atoms with E-state index in [-0.39, 0.29) is 5.91 Å². The van der Waals surface area contributed by atoms with E-state index in [0.29, 0.717) is 18.2 Å². The van der Waals surface area contributed by atoms with Crippen LogP contribution in [0.25, 0.3) is 10.2 Å². The van der Waals surface area contributed by atoms with Gasteiger partial charge in [0.1, 0.15) is 5.75 Å². The SMILES string of the molecule is CCCC(=O)Nc1nc2ccc(OCC)cc2s1. The molecule has 2 aromatic rings. The molecule has 0 fully saturated rings. The largest absolute Gasteiger partial charge is 0.494 e. The van der Waals surface area contributed by atoms with Crippen molar-refractivity contribution < 1.29 is 9.53 Å². The number of carbonyl (C=O) groups excluding carboxylic acids is 1. The highest BCUT2D eigenvalue weighted by molar-refractivity contribution is 7.22. The van der Waals surface area contributed by atoms with Gasteiger partial charge in [0.2, 0.25) is 5.91 Å². The minimum atomic E-state index is 0.0154. The van der Waals surface area contributed by atoms with Gasteiger partial charge in [-0.3, -0.25) is 4.79 Å². The minimum Gasteiger partial charge on any atom is -0.494 e. The van der Waals surface area contributed by atoms with E-state index in [2.05, 4.69) is 10.3 Å². The van der Waals surface area contributed by atoms with Crippen molar-refractivity contribution in [1.29, 1.82) is 0 Å². The molecule has 18 heavy (non-hydrogen) atoms. The zero-order valence-corrected chi connectivity index (χ0v) is 11.3. The van der Waals surface area contributed by atoms with Gasteiger partial charge in [-0.05, 0) is 31.5 Å². The molecule has 0 aliphatic rings. The van der Waals surface area contributed by atoms with Crippen molar-refractivity contribution in [2.24, 2.45) is 0 Å². The summed E-state index contributed by atoms with van der Waals surface area (Å²) in [5.41, 5.74) is 0.884. The van der Waals surface area contributed by atoms with Crippen LogP contribution < -0.4 is 10.1 Å². The first-order valence-corrected chi connectivity index (χ1v) is 6.87. The lowest BCUT2D eigenvalue weighted by Crippen LogP contribution is -2.09. The third kappa shape index (κ3) is 2.98. The summed E-state index contributed by atoms with van der Waals surface area (Å²) in [4.78, 5) is 15.9. The number of ether oxygens (including phenoxy) is 1. The molecule has 1 N–H and O–H groups in total. The maximum absolute atomic E-state index is 11.5. The molecular formula is C13H16N2O2S. The predicted octanol–water partition coefficient (Wildman–Crippen LogP) is 3.43. The van der Waals surface area contributed by atoms with E-state index in [1.54, 1.807) is 0 Å². The highest BCUT2D eigenvalue weighted by atomic mass is 32.1. The van der Waals surface area contributed by atoms with E-state index in [1.807, 2.05) is 32.0 Å². The van der Waals surface area contributed by atoms with Crippen molar-refractivity contribution >= 4 is 32.6 Å². The van der Waals surface area contributed by atoms with E-state index < -0.39 is 0 Å². The van der Waals surface area contributed by atoms with Crippen LogP contribution in [0.5, 0.6) is 5.75 Å². The number of aromatic nitrogens is 1. The lowest BCUT2D eigenvalue weighted by atomic mass is 10.3. The van der Waals surface area contributed by atoms with Gasteiger partial charge in [-0.2, -0.15) is 0 Å². The number of carbonyl (C=O) groups is 1. The van der Waals surface area contributed by atoms with Crippen LogP contribution in [0.3, 0.4) is 0 Å². The first kappa shape index (κ1) is 12.8. The standard InChI is InChI=1S/C13H16N2O2S/c1-3-5-12(16)15-13-14-10-7-6-9(17-4-2)8-11(10)18-13/h6-8H,3-5H2,1-2H3,(H,14,15,16). The molecule has 1 aromatic carbocycles. The Hall–Kier alpha value is -1.62. The highest BCUT2D eigenvalue weighted by Gasteiger charge is 2.07. The molecule has 4 nitrogen and oxygen atoms in total. The molecule has 0 spiro atoms. The number of nitrogens with zero attached hydrogens (tertiary/aromatic N) is 1. The van der Waals surface area contributed by atoms with Crippen molar-refractivity contribution in [3.8, 4) is 5.75 Å². The first-order valence-electron chi connectivity index (χ1n) is 6.06. The van der Waals surface area contributed by atoms with E-state index >= 15 is 0 Å². The Morgan fingerprint density at radius 2 is 2.28 bits per heavy atom. The number of hydrogen-bond donors (Lipinski definition) is 1. The van der Waals surface area contributed by atoms with Crippen LogP contribution in [0.4, 0.5) is 5.13 Å². The lowest BCUT2D eigenvalue weighted by Gasteiger charge is -2.00. The summed E-state index contributed by atoms with van der Waals surface area (Å²) in [6.07, 6.45) is 1.37. The molecule has 0 unspecified atom stereocenters. The summed E-state index contributed by atoms with van der Waals surface area (Å²) in [6.45, 7) is 4.57. The number of thiazole rings is 1. The molecule has 96 valence electrons. The molecule has 0 atom stereocenters.